The van der Waals surface area contributed by atoms with Gasteiger partial charge >= 0.3 is 0 Å². The first-order valence-corrected chi connectivity index (χ1v) is 11.3. The third kappa shape index (κ3) is 3.90. The van der Waals surface area contributed by atoms with Crippen LogP contribution in [0.2, 0.25) is 0 Å². The fourth-order valence-corrected chi connectivity index (χ4v) is 5.16. The third-order valence-corrected chi connectivity index (χ3v) is 6.94. The Morgan fingerprint density at radius 2 is 1.62 bits per heavy atom. The molecule has 2 aromatic rings. The number of nitrogens with zero attached hydrogens (tertiary/aromatic N) is 6. The Morgan fingerprint density at radius 1 is 0.862 bits per heavy atom. The minimum Gasteiger partial charge on any atom is -0.299 e. The SMILES string of the molecule is Cn1nc2c(c1CN1CCN(CCn3nc4c(cc3=O)CCCC4)CC1)CCC2. The molecule has 0 spiro atoms. The minimum atomic E-state index is 0.0642. The first kappa shape index (κ1) is 19.0. The summed E-state index contributed by atoms with van der Waals surface area (Å²) in [4.78, 5) is 17.4. The lowest BCUT2D eigenvalue weighted by Gasteiger charge is -2.34. The molecular formula is C22H32N6O. The number of rotatable bonds is 5. The normalized spacial score (nSPS) is 20.0. The van der Waals surface area contributed by atoms with E-state index >= 15 is 0 Å². The predicted octanol–water partition coefficient (Wildman–Crippen LogP) is 1.16. The van der Waals surface area contributed by atoms with Gasteiger partial charge in [0.1, 0.15) is 0 Å². The molecule has 0 atom stereocenters. The van der Waals surface area contributed by atoms with E-state index in [1.165, 1.54) is 48.2 Å². The van der Waals surface area contributed by atoms with Gasteiger partial charge in [-0.25, -0.2) is 4.68 Å². The number of aromatic nitrogens is 4. The summed E-state index contributed by atoms with van der Waals surface area (Å²) in [6.45, 7) is 6.87. The Balaban J connectivity index is 1.15. The summed E-state index contributed by atoms with van der Waals surface area (Å²) in [6, 6.07) is 1.83. The van der Waals surface area contributed by atoms with Crippen LogP contribution in [0, 0.1) is 0 Å². The van der Waals surface area contributed by atoms with Gasteiger partial charge in [-0.1, -0.05) is 0 Å². The largest absolute Gasteiger partial charge is 0.299 e. The van der Waals surface area contributed by atoms with Crippen molar-refractivity contribution in [1.29, 1.82) is 0 Å². The summed E-state index contributed by atoms with van der Waals surface area (Å²) in [7, 11) is 2.09. The van der Waals surface area contributed by atoms with Gasteiger partial charge in [0.25, 0.3) is 5.56 Å². The zero-order valence-corrected chi connectivity index (χ0v) is 17.6. The van der Waals surface area contributed by atoms with Crippen LogP contribution in [0.25, 0.3) is 0 Å². The highest BCUT2D eigenvalue weighted by molar-refractivity contribution is 5.30. The summed E-state index contributed by atoms with van der Waals surface area (Å²) in [5, 5.41) is 9.38. The summed E-state index contributed by atoms with van der Waals surface area (Å²) in [5.41, 5.74) is 6.62. The van der Waals surface area contributed by atoms with Crippen LogP contribution in [0.15, 0.2) is 10.9 Å². The van der Waals surface area contributed by atoms with Crippen molar-refractivity contribution >= 4 is 0 Å². The molecule has 7 heteroatoms. The van der Waals surface area contributed by atoms with E-state index < -0.39 is 0 Å². The van der Waals surface area contributed by atoms with E-state index in [2.05, 4.69) is 26.6 Å². The average Bonchev–Trinajstić information content (AvgIpc) is 3.29. The summed E-state index contributed by atoms with van der Waals surface area (Å²) in [6.07, 6.45) is 8.01. The number of hydrogen-bond donors (Lipinski definition) is 0. The van der Waals surface area contributed by atoms with Crippen molar-refractivity contribution in [3.05, 3.63) is 44.6 Å². The summed E-state index contributed by atoms with van der Waals surface area (Å²) < 4.78 is 3.79. The molecule has 7 nitrogen and oxygen atoms in total. The van der Waals surface area contributed by atoms with Gasteiger partial charge in [-0.2, -0.15) is 10.2 Å². The average molecular weight is 397 g/mol. The van der Waals surface area contributed by atoms with Crippen molar-refractivity contribution < 1.29 is 0 Å². The smallest absolute Gasteiger partial charge is 0.267 e. The monoisotopic (exact) mass is 396 g/mol. The zero-order valence-electron chi connectivity index (χ0n) is 17.6. The summed E-state index contributed by atoms with van der Waals surface area (Å²) in [5.74, 6) is 0. The second-order valence-corrected chi connectivity index (χ2v) is 8.85. The highest BCUT2D eigenvalue weighted by Crippen LogP contribution is 2.25. The van der Waals surface area contributed by atoms with Gasteiger partial charge in [0.05, 0.1) is 23.6 Å². The topological polar surface area (TPSA) is 59.2 Å². The highest BCUT2D eigenvalue weighted by Gasteiger charge is 2.24. The molecule has 29 heavy (non-hydrogen) atoms. The van der Waals surface area contributed by atoms with E-state index in [4.69, 9.17) is 5.10 Å². The molecule has 156 valence electrons. The van der Waals surface area contributed by atoms with Crippen molar-refractivity contribution in [2.24, 2.45) is 7.05 Å². The molecule has 3 heterocycles. The Labute approximate surface area is 172 Å². The van der Waals surface area contributed by atoms with Crippen molar-refractivity contribution in [2.45, 2.75) is 58.0 Å². The van der Waals surface area contributed by atoms with Gasteiger partial charge in [0, 0.05) is 52.4 Å². The van der Waals surface area contributed by atoms with Crippen LogP contribution in [-0.2, 0) is 45.8 Å². The van der Waals surface area contributed by atoms with Gasteiger partial charge in [0.15, 0.2) is 0 Å². The molecule has 0 amide bonds. The molecule has 2 aromatic heterocycles. The first-order valence-electron chi connectivity index (χ1n) is 11.3. The number of hydrogen-bond acceptors (Lipinski definition) is 5. The molecule has 0 bridgehead atoms. The van der Waals surface area contributed by atoms with Crippen LogP contribution in [0.5, 0.6) is 0 Å². The Hall–Kier alpha value is -1.99. The van der Waals surface area contributed by atoms with Crippen molar-refractivity contribution in [1.82, 2.24) is 29.4 Å². The molecule has 0 radical (unpaired) electrons. The van der Waals surface area contributed by atoms with Gasteiger partial charge in [0.2, 0.25) is 0 Å². The maximum atomic E-state index is 12.4. The van der Waals surface area contributed by atoms with E-state index in [9.17, 15) is 4.79 Å². The van der Waals surface area contributed by atoms with Crippen molar-refractivity contribution in [3.8, 4) is 0 Å². The molecule has 0 unspecified atom stereocenters. The van der Waals surface area contributed by atoms with Crippen LogP contribution in [0.1, 0.15) is 47.5 Å². The van der Waals surface area contributed by atoms with E-state index in [0.717, 1.165) is 64.2 Å². The zero-order chi connectivity index (χ0) is 19.8. The van der Waals surface area contributed by atoms with Gasteiger partial charge in [-0.05, 0) is 56.1 Å². The van der Waals surface area contributed by atoms with Crippen LogP contribution in [-0.4, -0.2) is 62.1 Å². The maximum Gasteiger partial charge on any atom is 0.267 e. The van der Waals surface area contributed by atoms with Gasteiger partial charge in [-0.15, -0.1) is 0 Å². The number of piperazine rings is 1. The lowest BCUT2D eigenvalue weighted by atomic mass is 9.97. The molecule has 2 aliphatic carbocycles. The van der Waals surface area contributed by atoms with E-state index in [1.54, 1.807) is 4.68 Å². The standard InChI is InChI=1S/C22H32N6O/c1-25-21(18-6-4-8-20(18)23-25)16-27-11-9-26(10-12-27)13-14-28-22(29)15-17-5-2-3-7-19(17)24-28/h15H,2-14,16H2,1H3. The Morgan fingerprint density at radius 3 is 2.48 bits per heavy atom. The molecule has 0 aromatic carbocycles. The molecule has 1 saturated heterocycles. The fourth-order valence-electron chi connectivity index (χ4n) is 5.16. The molecule has 1 aliphatic heterocycles. The van der Waals surface area contributed by atoms with Crippen LogP contribution < -0.4 is 5.56 Å². The predicted molar refractivity (Wildman–Crippen MR) is 112 cm³/mol. The van der Waals surface area contributed by atoms with Crippen molar-refractivity contribution in [2.75, 3.05) is 32.7 Å². The lowest BCUT2D eigenvalue weighted by Crippen LogP contribution is -2.47. The molecule has 0 N–H and O–H groups in total. The fraction of sp³-hybridized carbons (Fsp3) is 0.682. The van der Waals surface area contributed by atoms with Crippen molar-refractivity contribution in [3.63, 3.8) is 0 Å². The quantitative estimate of drug-likeness (QED) is 0.759. The first-order chi connectivity index (χ1) is 14.2. The molecule has 0 saturated carbocycles. The minimum absolute atomic E-state index is 0.0642. The maximum absolute atomic E-state index is 12.4. The van der Waals surface area contributed by atoms with E-state index in [1.807, 2.05) is 6.07 Å². The second kappa shape index (κ2) is 8.03. The lowest BCUT2D eigenvalue weighted by molar-refractivity contribution is 0.120. The molecule has 5 rings (SSSR count). The molecular weight excluding hydrogens is 364 g/mol. The van der Waals surface area contributed by atoms with Crippen LogP contribution >= 0.6 is 0 Å². The second-order valence-electron chi connectivity index (χ2n) is 8.85. The van der Waals surface area contributed by atoms with Crippen LogP contribution in [0.3, 0.4) is 0 Å². The van der Waals surface area contributed by atoms with Gasteiger partial charge in [-0.3, -0.25) is 19.3 Å². The number of aryl methyl sites for hydroxylation is 4. The molecule has 3 aliphatic rings. The molecule has 1 fully saturated rings. The van der Waals surface area contributed by atoms with Crippen LogP contribution in [0.4, 0.5) is 0 Å². The van der Waals surface area contributed by atoms with E-state index in [-0.39, 0.29) is 5.56 Å². The highest BCUT2D eigenvalue weighted by atomic mass is 16.1. The Kier molecular flexibility index (Phi) is 5.26. The number of fused-ring (bicyclic) bond motifs is 2. The van der Waals surface area contributed by atoms with Gasteiger partial charge < -0.3 is 0 Å². The Bertz CT molecular complexity index is 938. The summed E-state index contributed by atoms with van der Waals surface area (Å²) >= 11 is 0. The van der Waals surface area contributed by atoms with E-state index in [0.29, 0.717) is 6.54 Å². The third-order valence-electron chi connectivity index (χ3n) is 6.94.